The number of hydrogen-bond acceptors (Lipinski definition) is 3. The number of hydrogen-bond donors (Lipinski definition) is 0. The van der Waals surface area contributed by atoms with Crippen molar-refractivity contribution in [1.29, 1.82) is 0 Å². The van der Waals surface area contributed by atoms with Crippen molar-refractivity contribution < 1.29 is 13.6 Å². The van der Waals surface area contributed by atoms with Gasteiger partial charge in [-0.1, -0.05) is 25.1 Å². The summed E-state index contributed by atoms with van der Waals surface area (Å²) < 4.78 is 19.5. The van der Waals surface area contributed by atoms with E-state index >= 15 is 0 Å². The fourth-order valence-electron chi connectivity index (χ4n) is 3.68. The number of halogens is 1. The zero-order valence-electron chi connectivity index (χ0n) is 16.2. The van der Waals surface area contributed by atoms with Gasteiger partial charge in [0.2, 0.25) is 5.91 Å². The molecule has 0 saturated carbocycles. The molecule has 0 aliphatic carbocycles. The average Bonchev–Trinajstić information content (AvgIpc) is 3.20. The largest absolute Gasteiger partial charge is 0.468 e. The zero-order chi connectivity index (χ0) is 19.2. The van der Waals surface area contributed by atoms with E-state index in [1.54, 1.807) is 18.4 Å². The molecular formula is C22H29FN2O2. The van der Waals surface area contributed by atoms with Crippen LogP contribution in [0.4, 0.5) is 4.39 Å². The lowest BCUT2D eigenvalue weighted by Gasteiger charge is -2.36. The van der Waals surface area contributed by atoms with Gasteiger partial charge >= 0.3 is 0 Å². The first-order chi connectivity index (χ1) is 13.1. The van der Waals surface area contributed by atoms with Gasteiger partial charge in [-0.2, -0.15) is 0 Å². The van der Waals surface area contributed by atoms with Crippen LogP contribution in [0.1, 0.15) is 44.4 Å². The van der Waals surface area contributed by atoms with Gasteiger partial charge in [0.25, 0.3) is 0 Å². The Morgan fingerprint density at radius 1 is 1.26 bits per heavy atom. The lowest BCUT2D eigenvalue weighted by molar-refractivity contribution is -0.140. The standard InChI is InChI=1S/C22H29FN2O2/c1-3-17(2)25(15-19-7-4-5-9-21(19)23)22(26)18-10-12-24(13-11-18)16-20-8-6-14-27-20/h4-9,14,17-18H,3,10-13,15-16H2,1-2H3/t17-/m0/s1. The minimum Gasteiger partial charge on any atom is -0.468 e. The van der Waals surface area contributed by atoms with Crippen molar-refractivity contribution in [3.63, 3.8) is 0 Å². The SMILES string of the molecule is CC[C@H](C)N(Cc1ccccc1F)C(=O)C1CCN(Cc2ccco2)CC1. The smallest absolute Gasteiger partial charge is 0.226 e. The highest BCUT2D eigenvalue weighted by Crippen LogP contribution is 2.24. The predicted molar refractivity (Wildman–Crippen MR) is 103 cm³/mol. The Hall–Kier alpha value is -2.14. The van der Waals surface area contributed by atoms with Gasteiger partial charge in [-0.15, -0.1) is 0 Å². The Morgan fingerprint density at radius 2 is 2.00 bits per heavy atom. The quantitative estimate of drug-likeness (QED) is 0.720. The van der Waals surface area contributed by atoms with E-state index in [1.807, 2.05) is 30.0 Å². The molecule has 0 N–H and O–H groups in total. The molecule has 27 heavy (non-hydrogen) atoms. The normalized spacial score (nSPS) is 17.0. The molecule has 1 saturated heterocycles. The molecule has 0 bridgehead atoms. The topological polar surface area (TPSA) is 36.7 Å². The molecule has 2 aromatic rings. The van der Waals surface area contributed by atoms with E-state index in [9.17, 15) is 9.18 Å². The molecule has 3 rings (SSSR count). The third kappa shape index (κ3) is 4.98. The molecule has 1 amide bonds. The average molecular weight is 372 g/mol. The Bertz CT molecular complexity index is 724. The minimum atomic E-state index is -0.244. The van der Waals surface area contributed by atoms with Crippen LogP contribution in [0.3, 0.4) is 0 Å². The van der Waals surface area contributed by atoms with Gasteiger partial charge in [-0.25, -0.2) is 4.39 Å². The summed E-state index contributed by atoms with van der Waals surface area (Å²) in [6, 6.07) is 10.7. The maximum atomic E-state index is 14.1. The lowest BCUT2D eigenvalue weighted by atomic mass is 9.94. The second kappa shape index (κ2) is 9.18. The zero-order valence-corrected chi connectivity index (χ0v) is 16.2. The summed E-state index contributed by atoms with van der Waals surface area (Å²) >= 11 is 0. The molecule has 1 aromatic heterocycles. The van der Waals surface area contributed by atoms with Gasteiger partial charge in [0.1, 0.15) is 11.6 Å². The minimum absolute atomic E-state index is 0.0126. The van der Waals surface area contributed by atoms with E-state index in [0.29, 0.717) is 12.1 Å². The molecule has 1 aromatic carbocycles. The first kappa shape index (κ1) is 19.6. The Morgan fingerprint density at radius 3 is 2.63 bits per heavy atom. The Kier molecular flexibility index (Phi) is 6.67. The Labute approximate surface area is 161 Å². The summed E-state index contributed by atoms with van der Waals surface area (Å²) in [7, 11) is 0. The van der Waals surface area contributed by atoms with Crippen molar-refractivity contribution in [2.45, 2.75) is 52.2 Å². The van der Waals surface area contributed by atoms with Gasteiger partial charge in [-0.3, -0.25) is 9.69 Å². The number of amides is 1. The van der Waals surface area contributed by atoms with Gasteiger partial charge in [0.15, 0.2) is 0 Å². The molecule has 0 spiro atoms. The number of likely N-dealkylation sites (tertiary alicyclic amines) is 1. The van der Waals surface area contributed by atoms with Crippen LogP contribution in [-0.4, -0.2) is 34.8 Å². The number of carbonyl (C=O) groups is 1. The Balaban J connectivity index is 1.62. The fraction of sp³-hybridized carbons (Fsp3) is 0.500. The summed E-state index contributed by atoms with van der Waals surface area (Å²) in [5, 5.41) is 0. The number of nitrogens with zero attached hydrogens (tertiary/aromatic N) is 2. The summed E-state index contributed by atoms with van der Waals surface area (Å²) in [4.78, 5) is 17.4. The maximum absolute atomic E-state index is 14.1. The molecular weight excluding hydrogens is 343 g/mol. The first-order valence-electron chi connectivity index (χ1n) is 9.87. The third-order valence-corrected chi connectivity index (χ3v) is 5.60. The van der Waals surface area contributed by atoms with Crippen LogP contribution >= 0.6 is 0 Å². The van der Waals surface area contributed by atoms with Crippen molar-refractivity contribution in [3.05, 3.63) is 59.8 Å². The predicted octanol–water partition coefficient (Wildman–Crippen LogP) is 4.46. The van der Waals surface area contributed by atoms with Gasteiger partial charge < -0.3 is 9.32 Å². The van der Waals surface area contributed by atoms with Gasteiger partial charge in [0, 0.05) is 24.1 Å². The number of rotatable bonds is 7. The molecule has 2 heterocycles. The van der Waals surface area contributed by atoms with E-state index in [0.717, 1.165) is 44.7 Å². The van der Waals surface area contributed by atoms with Crippen molar-refractivity contribution in [1.82, 2.24) is 9.80 Å². The van der Waals surface area contributed by atoms with E-state index in [4.69, 9.17) is 4.42 Å². The number of furan rings is 1. The molecule has 4 nitrogen and oxygen atoms in total. The molecule has 5 heteroatoms. The van der Waals surface area contributed by atoms with Crippen molar-refractivity contribution in [3.8, 4) is 0 Å². The highest BCUT2D eigenvalue weighted by Gasteiger charge is 2.31. The van der Waals surface area contributed by atoms with Crippen molar-refractivity contribution >= 4 is 5.91 Å². The number of piperidine rings is 1. The highest BCUT2D eigenvalue weighted by atomic mass is 19.1. The van der Waals surface area contributed by atoms with E-state index in [-0.39, 0.29) is 23.7 Å². The third-order valence-electron chi connectivity index (χ3n) is 5.60. The van der Waals surface area contributed by atoms with Gasteiger partial charge in [-0.05, 0) is 57.5 Å². The van der Waals surface area contributed by atoms with Crippen LogP contribution in [-0.2, 0) is 17.9 Å². The van der Waals surface area contributed by atoms with Gasteiger partial charge in [0.05, 0.1) is 12.8 Å². The van der Waals surface area contributed by atoms with E-state index in [1.165, 1.54) is 6.07 Å². The number of benzene rings is 1. The maximum Gasteiger partial charge on any atom is 0.226 e. The van der Waals surface area contributed by atoms with Crippen molar-refractivity contribution in [2.75, 3.05) is 13.1 Å². The summed E-state index contributed by atoms with van der Waals surface area (Å²) in [6.45, 7) is 7.00. The fourth-order valence-corrected chi connectivity index (χ4v) is 3.68. The molecule has 0 radical (unpaired) electrons. The van der Waals surface area contributed by atoms with Crippen LogP contribution in [0.15, 0.2) is 47.1 Å². The second-order valence-electron chi connectivity index (χ2n) is 7.44. The monoisotopic (exact) mass is 372 g/mol. The van der Waals surface area contributed by atoms with Crippen LogP contribution in [0.5, 0.6) is 0 Å². The van der Waals surface area contributed by atoms with E-state index < -0.39 is 0 Å². The molecule has 1 atom stereocenters. The molecule has 1 aliphatic heterocycles. The summed E-state index contributed by atoms with van der Waals surface area (Å²) in [5.41, 5.74) is 0.585. The highest BCUT2D eigenvalue weighted by molar-refractivity contribution is 5.79. The van der Waals surface area contributed by atoms with Crippen LogP contribution < -0.4 is 0 Å². The molecule has 146 valence electrons. The van der Waals surface area contributed by atoms with Crippen LogP contribution in [0.2, 0.25) is 0 Å². The summed E-state index contributed by atoms with van der Waals surface area (Å²) in [5.74, 6) is 0.885. The lowest BCUT2D eigenvalue weighted by Crippen LogP contribution is -2.45. The van der Waals surface area contributed by atoms with Crippen molar-refractivity contribution in [2.24, 2.45) is 5.92 Å². The molecule has 0 unspecified atom stereocenters. The van der Waals surface area contributed by atoms with Crippen LogP contribution in [0, 0.1) is 11.7 Å². The molecule has 1 fully saturated rings. The molecule has 1 aliphatic rings. The number of carbonyl (C=O) groups excluding carboxylic acids is 1. The van der Waals surface area contributed by atoms with E-state index in [2.05, 4.69) is 11.8 Å². The van der Waals surface area contributed by atoms with Crippen LogP contribution in [0.25, 0.3) is 0 Å². The second-order valence-corrected chi connectivity index (χ2v) is 7.44. The first-order valence-corrected chi connectivity index (χ1v) is 9.87. The summed E-state index contributed by atoms with van der Waals surface area (Å²) in [6.07, 6.45) is 4.23.